The Kier molecular flexibility index (Phi) is 3.11. The molecule has 15 heavy (non-hydrogen) atoms. The molecule has 0 aliphatic carbocycles. The lowest BCUT2D eigenvalue weighted by molar-refractivity contribution is -0.387. The molecule has 0 spiro atoms. The van der Waals surface area contributed by atoms with Gasteiger partial charge in [0.05, 0.1) is 9.95 Å². The minimum absolute atomic E-state index is 0.490. The Morgan fingerprint density at radius 3 is 2.47 bits per heavy atom. The van der Waals surface area contributed by atoms with Crippen molar-refractivity contribution < 1.29 is 19.2 Å². The van der Waals surface area contributed by atoms with Crippen LogP contribution >= 0.6 is 23.2 Å². The van der Waals surface area contributed by atoms with Crippen LogP contribution in [0.4, 0.5) is 10.1 Å². The number of hydrogen-bond acceptors (Lipinski definition) is 3. The molecule has 0 saturated heterocycles. The van der Waals surface area contributed by atoms with E-state index < -0.39 is 38.0 Å². The summed E-state index contributed by atoms with van der Waals surface area (Å²) in [6, 6.07) is 0.537. The van der Waals surface area contributed by atoms with E-state index in [2.05, 4.69) is 0 Å². The van der Waals surface area contributed by atoms with Gasteiger partial charge in [-0.1, -0.05) is 23.2 Å². The summed E-state index contributed by atoms with van der Waals surface area (Å²) in [5.74, 6) is -2.84. The fraction of sp³-hybridized carbons (Fsp3) is 0. The maximum atomic E-state index is 13.0. The number of halogens is 3. The first-order chi connectivity index (χ1) is 6.86. The number of aromatic carboxylic acids is 1. The van der Waals surface area contributed by atoms with E-state index in [1.807, 2.05) is 0 Å². The number of carboxylic acids is 1. The fourth-order valence-electron chi connectivity index (χ4n) is 0.943. The average Bonchev–Trinajstić information content (AvgIpc) is 1.99. The van der Waals surface area contributed by atoms with Crippen molar-refractivity contribution in [2.24, 2.45) is 0 Å². The molecule has 0 radical (unpaired) electrons. The van der Waals surface area contributed by atoms with Crippen molar-refractivity contribution >= 4 is 34.9 Å². The Morgan fingerprint density at radius 2 is 2.07 bits per heavy atom. The quantitative estimate of drug-likeness (QED) is 0.649. The van der Waals surface area contributed by atoms with Gasteiger partial charge in [0.2, 0.25) is 5.82 Å². The minimum Gasteiger partial charge on any atom is -0.478 e. The van der Waals surface area contributed by atoms with Crippen molar-refractivity contribution in [2.45, 2.75) is 0 Å². The van der Waals surface area contributed by atoms with Crippen molar-refractivity contribution in [1.29, 1.82) is 0 Å². The Balaban J connectivity index is 3.64. The van der Waals surface area contributed by atoms with E-state index in [1.165, 1.54) is 0 Å². The number of carboxylic acid groups (broad SMARTS) is 1. The van der Waals surface area contributed by atoms with Gasteiger partial charge >= 0.3 is 11.7 Å². The number of nitro benzene ring substituents is 1. The Hall–Kier alpha value is -1.40. The summed E-state index contributed by atoms with van der Waals surface area (Å²) in [7, 11) is 0. The van der Waals surface area contributed by atoms with Crippen LogP contribution in [0.15, 0.2) is 6.07 Å². The summed E-state index contributed by atoms with van der Waals surface area (Å²) in [6.45, 7) is 0. The Morgan fingerprint density at radius 1 is 1.53 bits per heavy atom. The van der Waals surface area contributed by atoms with Crippen molar-refractivity contribution in [3.8, 4) is 0 Å². The van der Waals surface area contributed by atoms with E-state index >= 15 is 0 Å². The second-order valence-electron chi connectivity index (χ2n) is 2.44. The number of hydrogen-bond donors (Lipinski definition) is 1. The Bertz CT molecular complexity index is 425. The molecule has 80 valence electrons. The van der Waals surface area contributed by atoms with E-state index in [0.717, 1.165) is 0 Å². The molecule has 1 aromatic carbocycles. The first kappa shape index (κ1) is 11.7. The molecule has 0 atom stereocenters. The van der Waals surface area contributed by atoms with E-state index in [4.69, 9.17) is 28.3 Å². The van der Waals surface area contributed by atoms with Gasteiger partial charge in [-0.15, -0.1) is 0 Å². The van der Waals surface area contributed by atoms with E-state index in [1.54, 1.807) is 0 Å². The SMILES string of the molecule is O=C(O)c1c(Cl)cc(F)c([N+](=O)[O-])c1Cl. The zero-order chi connectivity index (χ0) is 11.7. The van der Waals surface area contributed by atoms with Gasteiger partial charge in [0.25, 0.3) is 0 Å². The van der Waals surface area contributed by atoms with Crippen molar-refractivity contribution in [3.63, 3.8) is 0 Å². The first-order valence-electron chi connectivity index (χ1n) is 3.41. The highest BCUT2D eigenvalue weighted by molar-refractivity contribution is 6.40. The van der Waals surface area contributed by atoms with Gasteiger partial charge in [-0.3, -0.25) is 10.1 Å². The van der Waals surface area contributed by atoms with Gasteiger partial charge in [0, 0.05) is 6.07 Å². The maximum absolute atomic E-state index is 13.0. The second-order valence-corrected chi connectivity index (χ2v) is 3.23. The molecule has 1 aromatic rings. The number of benzene rings is 1. The van der Waals surface area contributed by atoms with Gasteiger partial charge in [0.15, 0.2) is 0 Å². The molecule has 0 heterocycles. The van der Waals surface area contributed by atoms with Gasteiger partial charge in [0.1, 0.15) is 10.6 Å². The second kappa shape index (κ2) is 4.00. The fourth-order valence-corrected chi connectivity index (χ4v) is 1.60. The van der Waals surface area contributed by atoms with Crippen LogP contribution < -0.4 is 0 Å². The minimum atomic E-state index is -1.56. The largest absolute Gasteiger partial charge is 0.478 e. The smallest absolute Gasteiger partial charge is 0.339 e. The van der Waals surface area contributed by atoms with Gasteiger partial charge < -0.3 is 5.11 Å². The van der Waals surface area contributed by atoms with Crippen LogP contribution in [-0.4, -0.2) is 16.0 Å². The lowest BCUT2D eigenvalue weighted by Crippen LogP contribution is -2.03. The van der Waals surface area contributed by atoms with Crippen LogP contribution in [0.3, 0.4) is 0 Å². The van der Waals surface area contributed by atoms with Crippen LogP contribution in [0, 0.1) is 15.9 Å². The van der Waals surface area contributed by atoms with Crippen molar-refractivity contribution in [2.75, 3.05) is 0 Å². The molecular weight excluding hydrogens is 252 g/mol. The normalized spacial score (nSPS) is 10.1. The Labute approximate surface area is 92.2 Å². The third kappa shape index (κ3) is 2.00. The molecule has 8 heteroatoms. The third-order valence-electron chi connectivity index (χ3n) is 1.54. The molecule has 1 rings (SSSR count). The molecule has 1 N–H and O–H groups in total. The average molecular weight is 254 g/mol. The first-order valence-corrected chi connectivity index (χ1v) is 4.17. The molecule has 0 aliphatic heterocycles. The summed E-state index contributed by atoms with van der Waals surface area (Å²) in [4.78, 5) is 19.9. The predicted molar refractivity (Wildman–Crippen MR) is 50.0 cm³/mol. The van der Waals surface area contributed by atoms with Gasteiger partial charge in [-0.25, -0.2) is 4.79 Å². The summed E-state index contributed by atoms with van der Waals surface area (Å²) in [6.07, 6.45) is 0. The molecule has 0 unspecified atom stereocenters. The van der Waals surface area contributed by atoms with Gasteiger partial charge in [-0.05, 0) is 0 Å². The summed E-state index contributed by atoms with van der Waals surface area (Å²) in [5.41, 5.74) is -1.79. The topological polar surface area (TPSA) is 80.4 Å². The van der Waals surface area contributed by atoms with Crippen molar-refractivity contribution in [3.05, 3.63) is 37.6 Å². The van der Waals surface area contributed by atoms with Crippen LogP contribution in [0.1, 0.15) is 10.4 Å². The highest BCUT2D eigenvalue weighted by Gasteiger charge is 2.28. The van der Waals surface area contributed by atoms with Gasteiger partial charge in [-0.2, -0.15) is 4.39 Å². The van der Waals surface area contributed by atoms with Crippen LogP contribution in [0.25, 0.3) is 0 Å². The summed E-state index contributed by atoms with van der Waals surface area (Å²) in [5, 5.41) is 17.7. The predicted octanol–water partition coefficient (Wildman–Crippen LogP) is 2.74. The molecule has 0 aromatic heterocycles. The molecular formula is C7H2Cl2FNO4. The van der Waals surface area contributed by atoms with E-state index in [9.17, 15) is 19.3 Å². The monoisotopic (exact) mass is 253 g/mol. The van der Waals surface area contributed by atoms with E-state index in [0.29, 0.717) is 6.07 Å². The summed E-state index contributed by atoms with van der Waals surface area (Å²) >= 11 is 10.7. The lowest BCUT2D eigenvalue weighted by atomic mass is 10.2. The zero-order valence-electron chi connectivity index (χ0n) is 6.83. The molecule has 0 saturated carbocycles. The molecule has 5 nitrogen and oxygen atoms in total. The number of carbonyl (C=O) groups is 1. The van der Waals surface area contributed by atoms with Crippen LogP contribution in [0.2, 0.25) is 10.0 Å². The molecule has 0 bridgehead atoms. The van der Waals surface area contributed by atoms with Crippen LogP contribution in [0.5, 0.6) is 0 Å². The van der Waals surface area contributed by atoms with Crippen molar-refractivity contribution in [1.82, 2.24) is 0 Å². The molecule has 0 aliphatic rings. The lowest BCUT2D eigenvalue weighted by Gasteiger charge is -2.03. The highest BCUT2D eigenvalue weighted by Crippen LogP contribution is 2.35. The molecule has 0 amide bonds. The number of nitrogens with zero attached hydrogens (tertiary/aromatic N) is 1. The third-order valence-corrected chi connectivity index (χ3v) is 2.21. The highest BCUT2D eigenvalue weighted by atomic mass is 35.5. The standard InChI is InChI=1S/C7H2Cl2FNO4/c8-2-1-3(10)6(11(14)15)5(9)4(2)7(12)13/h1H,(H,12,13). The number of nitro groups is 1. The zero-order valence-corrected chi connectivity index (χ0v) is 8.34. The maximum Gasteiger partial charge on any atom is 0.339 e. The molecule has 0 fully saturated rings. The van der Waals surface area contributed by atoms with Crippen LogP contribution in [-0.2, 0) is 0 Å². The number of rotatable bonds is 2. The van der Waals surface area contributed by atoms with E-state index in [-0.39, 0.29) is 0 Å². The summed E-state index contributed by atoms with van der Waals surface area (Å²) < 4.78 is 13.0.